The second-order valence-corrected chi connectivity index (χ2v) is 5.93. The molecule has 3 nitrogen and oxygen atoms in total. The molecule has 3 heteroatoms. The van der Waals surface area contributed by atoms with Gasteiger partial charge in [-0.25, -0.2) is 0 Å². The number of rotatable bonds is 2. The fourth-order valence-electron chi connectivity index (χ4n) is 3.78. The molecule has 0 radical (unpaired) electrons. The maximum Gasteiger partial charge on any atom is 0.226 e. The molecule has 0 saturated carbocycles. The highest BCUT2D eigenvalue weighted by Gasteiger charge is 2.37. The van der Waals surface area contributed by atoms with Gasteiger partial charge in [-0.2, -0.15) is 0 Å². The maximum atomic E-state index is 12.6. The first-order valence-electron chi connectivity index (χ1n) is 7.55. The van der Waals surface area contributed by atoms with Crippen molar-refractivity contribution < 1.29 is 4.79 Å². The molecule has 0 spiro atoms. The predicted molar refractivity (Wildman–Crippen MR) is 72.2 cm³/mol. The summed E-state index contributed by atoms with van der Waals surface area (Å²) in [4.78, 5) is 14.8. The van der Waals surface area contributed by atoms with Gasteiger partial charge in [0.2, 0.25) is 5.91 Å². The molecule has 1 amide bonds. The minimum absolute atomic E-state index is 0.261. The molecule has 1 aliphatic carbocycles. The highest BCUT2D eigenvalue weighted by molar-refractivity contribution is 5.80. The number of allylic oxidation sites excluding steroid dienone is 2. The number of nitrogens with one attached hydrogen (secondary N) is 1. The molecule has 3 rings (SSSR count). The molecule has 2 saturated heterocycles. The monoisotopic (exact) mass is 248 g/mol. The Morgan fingerprint density at radius 3 is 2.83 bits per heavy atom. The number of hydrogen-bond donors (Lipinski definition) is 1. The van der Waals surface area contributed by atoms with Gasteiger partial charge >= 0.3 is 0 Å². The fourth-order valence-corrected chi connectivity index (χ4v) is 3.78. The van der Waals surface area contributed by atoms with Gasteiger partial charge in [0, 0.05) is 24.5 Å². The Hall–Kier alpha value is -0.830. The zero-order chi connectivity index (χ0) is 12.4. The van der Waals surface area contributed by atoms with Crippen LogP contribution >= 0.6 is 0 Å². The van der Waals surface area contributed by atoms with Crippen molar-refractivity contribution in [2.75, 3.05) is 13.1 Å². The molecule has 0 aromatic carbocycles. The SMILES string of the molecule is O=C(C1CC=CCC1)N1CCCC1C1CCCN1. The van der Waals surface area contributed by atoms with E-state index < -0.39 is 0 Å². The first kappa shape index (κ1) is 12.2. The van der Waals surface area contributed by atoms with Crippen molar-refractivity contribution in [2.45, 2.75) is 57.0 Å². The Bertz CT molecular complexity index is 333. The summed E-state index contributed by atoms with van der Waals surface area (Å²) in [5.41, 5.74) is 0. The van der Waals surface area contributed by atoms with Crippen molar-refractivity contribution in [1.29, 1.82) is 0 Å². The van der Waals surface area contributed by atoms with Crippen molar-refractivity contribution in [3.8, 4) is 0 Å². The van der Waals surface area contributed by atoms with Crippen LogP contribution in [0.3, 0.4) is 0 Å². The fraction of sp³-hybridized carbons (Fsp3) is 0.800. The van der Waals surface area contributed by atoms with Crippen LogP contribution in [0.25, 0.3) is 0 Å². The topological polar surface area (TPSA) is 32.3 Å². The Morgan fingerprint density at radius 1 is 1.17 bits per heavy atom. The van der Waals surface area contributed by atoms with E-state index >= 15 is 0 Å². The minimum Gasteiger partial charge on any atom is -0.338 e. The number of amides is 1. The van der Waals surface area contributed by atoms with Gasteiger partial charge in [0.25, 0.3) is 0 Å². The first-order valence-corrected chi connectivity index (χ1v) is 7.55. The van der Waals surface area contributed by atoms with E-state index in [2.05, 4.69) is 22.4 Å². The summed E-state index contributed by atoms with van der Waals surface area (Å²) in [5, 5.41) is 3.58. The van der Waals surface area contributed by atoms with Gasteiger partial charge in [-0.05, 0) is 51.5 Å². The van der Waals surface area contributed by atoms with Crippen molar-refractivity contribution in [3.63, 3.8) is 0 Å². The van der Waals surface area contributed by atoms with Crippen LogP contribution in [-0.2, 0) is 4.79 Å². The van der Waals surface area contributed by atoms with E-state index in [-0.39, 0.29) is 5.92 Å². The molecule has 0 aromatic heterocycles. The Kier molecular flexibility index (Phi) is 3.69. The summed E-state index contributed by atoms with van der Waals surface area (Å²) in [6, 6.07) is 1.04. The smallest absolute Gasteiger partial charge is 0.226 e. The lowest BCUT2D eigenvalue weighted by atomic mass is 9.92. The lowest BCUT2D eigenvalue weighted by Gasteiger charge is -2.32. The molecule has 2 aliphatic heterocycles. The lowest BCUT2D eigenvalue weighted by Crippen LogP contribution is -2.48. The van der Waals surface area contributed by atoms with E-state index in [9.17, 15) is 4.79 Å². The molecule has 3 aliphatic rings. The van der Waals surface area contributed by atoms with Gasteiger partial charge in [0.1, 0.15) is 0 Å². The van der Waals surface area contributed by atoms with E-state index in [1.807, 2.05) is 0 Å². The van der Waals surface area contributed by atoms with Crippen molar-refractivity contribution in [1.82, 2.24) is 10.2 Å². The van der Waals surface area contributed by atoms with Crippen molar-refractivity contribution >= 4 is 5.91 Å². The van der Waals surface area contributed by atoms with Crippen LogP contribution in [0.1, 0.15) is 44.9 Å². The molecule has 3 unspecified atom stereocenters. The Balaban J connectivity index is 1.66. The van der Waals surface area contributed by atoms with Crippen molar-refractivity contribution in [3.05, 3.63) is 12.2 Å². The number of carbonyl (C=O) groups excluding carboxylic acids is 1. The number of carbonyl (C=O) groups is 1. The van der Waals surface area contributed by atoms with Gasteiger partial charge in [0.15, 0.2) is 0 Å². The van der Waals surface area contributed by atoms with Crippen LogP contribution in [0, 0.1) is 5.92 Å². The number of nitrogens with zero attached hydrogens (tertiary/aromatic N) is 1. The van der Waals surface area contributed by atoms with Gasteiger partial charge in [-0.1, -0.05) is 12.2 Å². The van der Waals surface area contributed by atoms with E-state index in [1.165, 1.54) is 25.7 Å². The maximum absolute atomic E-state index is 12.6. The van der Waals surface area contributed by atoms with E-state index in [0.29, 0.717) is 18.0 Å². The normalized spacial score (nSPS) is 36.2. The lowest BCUT2D eigenvalue weighted by molar-refractivity contribution is -0.137. The third-order valence-corrected chi connectivity index (χ3v) is 4.76. The minimum atomic E-state index is 0.261. The third kappa shape index (κ3) is 2.33. The van der Waals surface area contributed by atoms with Crippen LogP contribution < -0.4 is 5.32 Å². The largest absolute Gasteiger partial charge is 0.338 e. The number of hydrogen-bond acceptors (Lipinski definition) is 2. The molecule has 3 atom stereocenters. The molecule has 18 heavy (non-hydrogen) atoms. The molecule has 2 fully saturated rings. The second kappa shape index (κ2) is 5.43. The first-order chi connectivity index (χ1) is 8.86. The molecular weight excluding hydrogens is 224 g/mol. The van der Waals surface area contributed by atoms with Gasteiger partial charge in [-0.3, -0.25) is 4.79 Å². The van der Waals surface area contributed by atoms with Crippen LogP contribution in [0.15, 0.2) is 12.2 Å². The van der Waals surface area contributed by atoms with Gasteiger partial charge < -0.3 is 10.2 Å². The van der Waals surface area contributed by atoms with Crippen LogP contribution in [0.2, 0.25) is 0 Å². The Morgan fingerprint density at radius 2 is 2.11 bits per heavy atom. The summed E-state index contributed by atoms with van der Waals surface area (Å²) in [7, 11) is 0. The van der Waals surface area contributed by atoms with Crippen LogP contribution in [0.4, 0.5) is 0 Å². The van der Waals surface area contributed by atoms with E-state index in [4.69, 9.17) is 0 Å². The highest BCUT2D eigenvalue weighted by atomic mass is 16.2. The standard InChI is InChI=1S/C15H24N2O/c18-15(12-6-2-1-3-7-12)17-11-5-9-14(17)13-8-4-10-16-13/h1-2,12-14,16H,3-11H2. The summed E-state index contributed by atoms with van der Waals surface area (Å²) < 4.78 is 0. The number of likely N-dealkylation sites (tertiary alicyclic amines) is 1. The third-order valence-electron chi connectivity index (χ3n) is 4.76. The predicted octanol–water partition coefficient (Wildman–Crippen LogP) is 2.09. The molecule has 0 aromatic rings. The van der Waals surface area contributed by atoms with Crippen LogP contribution in [0.5, 0.6) is 0 Å². The summed E-state index contributed by atoms with van der Waals surface area (Å²) >= 11 is 0. The van der Waals surface area contributed by atoms with Gasteiger partial charge in [-0.15, -0.1) is 0 Å². The summed E-state index contributed by atoms with van der Waals surface area (Å²) in [6.07, 6.45) is 12.4. The average molecular weight is 248 g/mol. The molecule has 2 heterocycles. The second-order valence-electron chi connectivity index (χ2n) is 5.93. The zero-order valence-corrected chi connectivity index (χ0v) is 11.1. The average Bonchev–Trinajstić information content (AvgIpc) is 3.09. The summed E-state index contributed by atoms with van der Waals surface area (Å²) in [6.45, 7) is 2.12. The van der Waals surface area contributed by atoms with E-state index in [0.717, 1.165) is 32.4 Å². The molecule has 100 valence electrons. The summed E-state index contributed by atoms with van der Waals surface area (Å²) in [5.74, 6) is 0.688. The zero-order valence-electron chi connectivity index (χ0n) is 11.1. The molecular formula is C15H24N2O. The molecule has 0 bridgehead atoms. The Labute approximate surface area is 110 Å². The quantitative estimate of drug-likeness (QED) is 0.759. The van der Waals surface area contributed by atoms with E-state index in [1.54, 1.807) is 0 Å². The van der Waals surface area contributed by atoms with Gasteiger partial charge in [0.05, 0.1) is 0 Å². The van der Waals surface area contributed by atoms with Crippen LogP contribution in [-0.4, -0.2) is 36.0 Å². The van der Waals surface area contributed by atoms with Crippen molar-refractivity contribution in [2.24, 2.45) is 5.92 Å². The highest BCUT2D eigenvalue weighted by Crippen LogP contribution is 2.29. The molecule has 1 N–H and O–H groups in total.